The number of carbonyl (C=O) groups excluding carboxylic acids is 1. The molecule has 0 radical (unpaired) electrons. The van der Waals surface area contributed by atoms with E-state index in [2.05, 4.69) is 31.1 Å². The van der Waals surface area contributed by atoms with Gasteiger partial charge in [-0.3, -0.25) is 14.7 Å². The maximum absolute atomic E-state index is 12.6. The first-order chi connectivity index (χ1) is 13.3. The molecular weight excluding hydrogens is 338 g/mol. The zero-order valence-corrected chi connectivity index (χ0v) is 16.4. The molecule has 1 amide bonds. The molecule has 27 heavy (non-hydrogen) atoms. The number of nitrogens with one attached hydrogen (secondary N) is 1. The van der Waals surface area contributed by atoms with Crippen LogP contribution < -0.4 is 10.2 Å². The molecule has 148 valence electrons. The van der Waals surface area contributed by atoms with E-state index in [4.69, 9.17) is 0 Å². The third-order valence-corrected chi connectivity index (χ3v) is 6.31. The van der Waals surface area contributed by atoms with Crippen LogP contribution in [0, 0.1) is 0 Å². The van der Waals surface area contributed by atoms with Gasteiger partial charge in [0.2, 0.25) is 0 Å². The fourth-order valence-corrected chi connectivity index (χ4v) is 4.78. The molecule has 0 unspecified atom stereocenters. The highest BCUT2D eigenvalue weighted by molar-refractivity contribution is 5.93. The van der Waals surface area contributed by atoms with Gasteiger partial charge in [-0.2, -0.15) is 0 Å². The summed E-state index contributed by atoms with van der Waals surface area (Å²) in [5, 5.41) is 3.06. The molecule has 1 N–H and O–H groups in total. The fourth-order valence-electron chi connectivity index (χ4n) is 4.78. The molecule has 1 aromatic rings. The van der Waals surface area contributed by atoms with Crippen molar-refractivity contribution in [1.82, 2.24) is 20.1 Å². The number of likely N-dealkylation sites (tertiary alicyclic amines) is 1. The molecule has 1 atom stereocenters. The molecule has 0 aliphatic carbocycles. The summed E-state index contributed by atoms with van der Waals surface area (Å²) in [7, 11) is 0. The van der Waals surface area contributed by atoms with Crippen LogP contribution in [0.15, 0.2) is 18.3 Å². The summed E-state index contributed by atoms with van der Waals surface area (Å²) in [5.41, 5.74) is 1.68. The minimum Gasteiger partial charge on any atom is -0.370 e. The van der Waals surface area contributed by atoms with Gasteiger partial charge >= 0.3 is 0 Å². The predicted octanol–water partition coefficient (Wildman–Crippen LogP) is 1.97. The lowest BCUT2D eigenvalue weighted by Gasteiger charge is -2.27. The van der Waals surface area contributed by atoms with Crippen LogP contribution >= 0.6 is 0 Å². The van der Waals surface area contributed by atoms with Crippen LogP contribution in [-0.2, 0) is 0 Å². The van der Waals surface area contributed by atoms with Crippen molar-refractivity contribution >= 4 is 11.6 Å². The van der Waals surface area contributed by atoms with E-state index in [1.165, 1.54) is 51.6 Å². The molecule has 0 spiro atoms. The number of hydrogen-bond donors (Lipinski definition) is 1. The van der Waals surface area contributed by atoms with E-state index in [-0.39, 0.29) is 5.91 Å². The SMILES string of the molecule is O=C(NCCN1CCCCC1)c1cc(N2CCCN3CCC[C@H]3C2)ccn1. The minimum absolute atomic E-state index is 0.0498. The summed E-state index contributed by atoms with van der Waals surface area (Å²) in [6.07, 6.45) is 9.50. The Morgan fingerprint density at radius 2 is 1.93 bits per heavy atom. The van der Waals surface area contributed by atoms with Crippen LogP contribution in [0.2, 0.25) is 0 Å². The van der Waals surface area contributed by atoms with Crippen molar-refractivity contribution in [3.8, 4) is 0 Å². The van der Waals surface area contributed by atoms with Gasteiger partial charge in [0.25, 0.3) is 5.91 Å². The number of hydrogen-bond acceptors (Lipinski definition) is 5. The molecular formula is C21H33N5O. The van der Waals surface area contributed by atoms with Crippen molar-refractivity contribution in [3.05, 3.63) is 24.0 Å². The van der Waals surface area contributed by atoms with Crippen molar-refractivity contribution in [2.24, 2.45) is 0 Å². The molecule has 6 nitrogen and oxygen atoms in total. The zero-order chi connectivity index (χ0) is 18.5. The number of piperidine rings is 1. The first-order valence-corrected chi connectivity index (χ1v) is 10.8. The zero-order valence-electron chi connectivity index (χ0n) is 16.4. The third kappa shape index (κ3) is 4.79. The van der Waals surface area contributed by atoms with Crippen LogP contribution in [0.4, 0.5) is 5.69 Å². The number of nitrogens with zero attached hydrogens (tertiary/aromatic N) is 4. The first-order valence-electron chi connectivity index (χ1n) is 10.8. The van der Waals surface area contributed by atoms with Gasteiger partial charge in [-0.15, -0.1) is 0 Å². The standard InChI is InChI=1S/C21H33N5O/c27-21(23-9-15-24-10-2-1-3-11-24)20-16-18(7-8-22-20)26-14-5-13-25-12-4-6-19(25)17-26/h7-8,16,19H,1-6,9-15,17H2,(H,23,27)/t19-/m0/s1. The van der Waals surface area contributed by atoms with Gasteiger partial charge in [0.1, 0.15) is 5.69 Å². The number of carbonyl (C=O) groups is 1. The highest BCUT2D eigenvalue weighted by Crippen LogP contribution is 2.25. The minimum atomic E-state index is -0.0498. The Labute approximate surface area is 162 Å². The largest absolute Gasteiger partial charge is 0.370 e. The lowest BCUT2D eigenvalue weighted by Crippen LogP contribution is -2.38. The van der Waals surface area contributed by atoms with Crippen molar-refractivity contribution < 1.29 is 4.79 Å². The summed E-state index contributed by atoms with van der Waals surface area (Å²) in [5.74, 6) is -0.0498. The molecule has 3 aliphatic rings. The van der Waals surface area contributed by atoms with Crippen molar-refractivity contribution in [1.29, 1.82) is 0 Å². The van der Waals surface area contributed by atoms with E-state index in [0.29, 0.717) is 18.3 Å². The van der Waals surface area contributed by atoms with Gasteiger partial charge in [0, 0.05) is 50.6 Å². The molecule has 4 heterocycles. The van der Waals surface area contributed by atoms with E-state index in [9.17, 15) is 4.79 Å². The van der Waals surface area contributed by atoms with Gasteiger partial charge in [-0.05, 0) is 63.9 Å². The fraction of sp³-hybridized carbons (Fsp3) is 0.714. The molecule has 3 aliphatic heterocycles. The van der Waals surface area contributed by atoms with Gasteiger partial charge < -0.3 is 15.1 Å². The lowest BCUT2D eigenvalue weighted by atomic mass is 10.1. The number of anilines is 1. The van der Waals surface area contributed by atoms with E-state index in [1.54, 1.807) is 6.20 Å². The number of amides is 1. The second-order valence-electron chi connectivity index (χ2n) is 8.19. The quantitative estimate of drug-likeness (QED) is 0.858. The highest BCUT2D eigenvalue weighted by atomic mass is 16.1. The number of rotatable bonds is 5. The predicted molar refractivity (Wildman–Crippen MR) is 108 cm³/mol. The second kappa shape index (κ2) is 9.02. The molecule has 0 aromatic carbocycles. The Hall–Kier alpha value is -1.66. The van der Waals surface area contributed by atoms with E-state index >= 15 is 0 Å². The summed E-state index contributed by atoms with van der Waals surface area (Å²) in [4.78, 5) is 24.4. The van der Waals surface area contributed by atoms with E-state index in [1.807, 2.05) is 6.07 Å². The molecule has 1 aromatic heterocycles. The third-order valence-electron chi connectivity index (χ3n) is 6.31. The first kappa shape index (κ1) is 18.7. The number of aromatic nitrogens is 1. The Bertz CT molecular complexity index is 631. The normalized spacial score (nSPS) is 24.4. The van der Waals surface area contributed by atoms with E-state index in [0.717, 1.165) is 38.4 Å². The smallest absolute Gasteiger partial charge is 0.269 e. The average Bonchev–Trinajstić information content (AvgIpc) is 3.05. The molecule has 6 heteroatoms. The average molecular weight is 372 g/mol. The Kier molecular flexibility index (Phi) is 6.24. The number of pyridine rings is 1. The van der Waals surface area contributed by atoms with Crippen LogP contribution in [0.5, 0.6) is 0 Å². The topological polar surface area (TPSA) is 51.7 Å². The Morgan fingerprint density at radius 1 is 1.07 bits per heavy atom. The molecule has 0 bridgehead atoms. The summed E-state index contributed by atoms with van der Waals surface area (Å²) in [6, 6.07) is 4.69. The molecule has 3 fully saturated rings. The molecule has 0 saturated carbocycles. The van der Waals surface area contributed by atoms with E-state index < -0.39 is 0 Å². The van der Waals surface area contributed by atoms with Crippen LogP contribution in [0.3, 0.4) is 0 Å². The highest BCUT2D eigenvalue weighted by Gasteiger charge is 2.29. The maximum atomic E-state index is 12.6. The summed E-state index contributed by atoms with van der Waals surface area (Å²) in [6.45, 7) is 8.55. The van der Waals surface area contributed by atoms with Crippen LogP contribution in [0.25, 0.3) is 0 Å². The summed E-state index contributed by atoms with van der Waals surface area (Å²) >= 11 is 0. The van der Waals surface area contributed by atoms with Crippen LogP contribution in [0.1, 0.15) is 49.0 Å². The van der Waals surface area contributed by atoms with Crippen molar-refractivity contribution in [2.75, 3.05) is 57.3 Å². The molecule has 3 saturated heterocycles. The van der Waals surface area contributed by atoms with Crippen molar-refractivity contribution in [2.45, 2.75) is 44.6 Å². The molecule has 4 rings (SSSR count). The summed E-state index contributed by atoms with van der Waals surface area (Å²) < 4.78 is 0. The van der Waals surface area contributed by atoms with Crippen molar-refractivity contribution in [3.63, 3.8) is 0 Å². The lowest BCUT2D eigenvalue weighted by molar-refractivity contribution is 0.0941. The van der Waals surface area contributed by atoms with Gasteiger partial charge in [-0.25, -0.2) is 0 Å². The van der Waals surface area contributed by atoms with Gasteiger partial charge in [0.15, 0.2) is 0 Å². The Balaban J connectivity index is 1.33. The Morgan fingerprint density at radius 3 is 2.81 bits per heavy atom. The van der Waals surface area contributed by atoms with Crippen LogP contribution in [-0.4, -0.2) is 79.1 Å². The monoisotopic (exact) mass is 371 g/mol. The number of fused-ring (bicyclic) bond motifs is 1. The van der Waals surface area contributed by atoms with Gasteiger partial charge in [0.05, 0.1) is 0 Å². The maximum Gasteiger partial charge on any atom is 0.269 e. The second-order valence-corrected chi connectivity index (χ2v) is 8.19. The van der Waals surface area contributed by atoms with Gasteiger partial charge in [-0.1, -0.05) is 6.42 Å².